The van der Waals surface area contributed by atoms with Gasteiger partial charge >= 0.3 is 5.97 Å². The van der Waals surface area contributed by atoms with Gasteiger partial charge in [0, 0.05) is 21.6 Å². The summed E-state index contributed by atoms with van der Waals surface area (Å²) in [5, 5.41) is 10.8. The van der Waals surface area contributed by atoms with Crippen LogP contribution in [0.4, 0.5) is 15.1 Å². The standard InChI is InChI=1S/C21H26FN3O2S2/c1-6-27-18(26)15-14-11-20(2,3)25-21(4,5)16(14)29-17(15)24-19(28)23-13-9-7-12(22)8-10-13/h7-10,25H,6,11H2,1-5H3,(H2,23,24,28). The van der Waals surface area contributed by atoms with Crippen molar-refractivity contribution in [2.24, 2.45) is 0 Å². The maximum absolute atomic E-state index is 13.1. The number of rotatable bonds is 4. The lowest BCUT2D eigenvalue weighted by atomic mass is 9.81. The third-order valence-electron chi connectivity index (χ3n) is 4.65. The quantitative estimate of drug-likeness (QED) is 0.462. The van der Waals surface area contributed by atoms with Crippen molar-refractivity contribution in [2.75, 3.05) is 17.2 Å². The second-order valence-corrected chi connectivity index (χ2v) is 9.66. The van der Waals surface area contributed by atoms with Crippen molar-refractivity contribution in [2.45, 2.75) is 52.1 Å². The van der Waals surface area contributed by atoms with E-state index < -0.39 is 0 Å². The van der Waals surface area contributed by atoms with Crippen LogP contribution in [0.25, 0.3) is 0 Å². The summed E-state index contributed by atoms with van der Waals surface area (Å²) < 4.78 is 18.5. The second kappa shape index (κ2) is 8.01. The average molecular weight is 436 g/mol. The number of nitrogens with one attached hydrogen (secondary N) is 3. The number of hydrogen-bond donors (Lipinski definition) is 3. The lowest BCUT2D eigenvalue weighted by Gasteiger charge is -2.42. The van der Waals surface area contributed by atoms with Crippen LogP contribution in [-0.2, 0) is 16.7 Å². The Morgan fingerprint density at radius 1 is 1.24 bits per heavy atom. The van der Waals surface area contributed by atoms with Crippen molar-refractivity contribution in [3.05, 3.63) is 46.1 Å². The average Bonchev–Trinajstić information content (AvgIpc) is 2.94. The molecule has 156 valence electrons. The molecule has 0 radical (unpaired) electrons. The van der Waals surface area contributed by atoms with E-state index in [0.717, 1.165) is 10.4 Å². The Morgan fingerprint density at radius 2 is 1.90 bits per heavy atom. The van der Waals surface area contributed by atoms with Crippen LogP contribution >= 0.6 is 23.6 Å². The lowest BCUT2D eigenvalue weighted by Crippen LogP contribution is -2.55. The summed E-state index contributed by atoms with van der Waals surface area (Å²) in [6.45, 7) is 10.6. The van der Waals surface area contributed by atoms with Crippen LogP contribution in [0.15, 0.2) is 24.3 Å². The maximum Gasteiger partial charge on any atom is 0.341 e. The summed E-state index contributed by atoms with van der Waals surface area (Å²) in [5.74, 6) is -0.673. The Morgan fingerprint density at radius 3 is 2.52 bits per heavy atom. The number of halogens is 1. The van der Waals surface area contributed by atoms with Gasteiger partial charge in [-0.15, -0.1) is 11.3 Å². The topological polar surface area (TPSA) is 62.4 Å². The van der Waals surface area contributed by atoms with E-state index in [0.29, 0.717) is 34.4 Å². The Labute approximate surface area is 180 Å². The number of esters is 1. The fourth-order valence-corrected chi connectivity index (χ4v) is 5.39. The van der Waals surface area contributed by atoms with E-state index in [2.05, 4.69) is 43.6 Å². The highest BCUT2D eigenvalue weighted by atomic mass is 32.1. The number of carbonyl (C=O) groups is 1. The third kappa shape index (κ3) is 4.76. The fourth-order valence-electron chi connectivity index (χ4n) is 3.83. The predicted octanol–water partition coefficient (Wildman–Crippen LogP) is 5.03. The summed E-state index contributed by atoms with van der Waals surface area (Å²) in [6.07, 6.45) is 0.705. The van der Waals surface area contributed by atoms with Gasteiger partial charge in [-0.05, 0) is 83.1 Å². The number of hydrogen-bond acceptors (Lipinski definition) is 5. The van der Waals surface area contributed by atoms with Crippen molar-refractivity contribution in [3.8, 4) is 0 Å². The highest BCUT2D eigenvalue weighted by molar-refractivity contribution is 7.80. The molecule has 0 saturated heterocycles. The van der Waals surface area contributed by atoms with Crippen molar-refractivity contribution >= 4 is 45.3 Å². The molecule has 2 heterocycles. The molecule has 0 unspecified atom stereocenters. The van der Waals surface area contributed by atoms with E-state index in [-0.39, 0.29) is 22.9 Å². The maximum atomic E-state index is 13.1. The smallest absolute Gasteiger partial charge is 0.341 e. The molecule has 0 atom stereocenters. The van der Waals surface area contributed by atoms with Gasteiger partial charge in [-0.1, -0.05) is 0 Å². The second-order valence-electron chi connectivity index (χ2n) is 8.23. The summed E-state index contributed by atoms with van der Waals surface area (Å²) in [5.41, 5.74) is 1.73. The molecule has 29 heavy (non-hydrogen) atoms. The number of benzene rings is 1. The summed E-state index contributed by atoms with van der Waals surface area (Å²) in [7, 11) is 0. The minimum atomic E-state index is -0.356. The molecule has 1 aromatic heterocycles. The normalized spacial score (nSPS) is 16.6. The van der Waals surface area contributed by atoms with Gasteiger partial charge in [0.05, 0.1) is 12.2 Å². The van der Waals surface area contributed by atoms with E-state index in [4.69, 9.17) is 17.0 Å². The van der Waals surface area contributed by atoms with Gasteiger partial charge < -0.3 is 20.7 Å². The minimum Gasteiger partial charge on any atom is -0.462 e. The molecule has 3 N–H and O–H groups in total. The molecule has 0 spiro atoms. The monoisotopic (exact) mass is 435 g/mol. The molecule has 0 saturated carbocycles. The number of anilines is 2. The zero-order valence-corrected chi connectivity index (χ0v) is 18.9. The highest BCUT2D eigenvalue weighted by Crippen LogP contribution is 2.45. The molecule has 5 nitrogen and oxygen atoms in total. The van der Waals surface area contributed by atoms with E-state index in [1.54, 1.807) is 19.1 Å². The summed E-state index contributed by atoms with van der Waals surface area (Å²) in [6, 6.07) is 5.92. The summed E-state index contributed by atoms with van der Waals surface area (Å²) >= 11 is 6.93. The number of ether oxygens (including phenoxy) is 1. The minimum absolute atomic E-state index is 0.164. The van der Waals surface area contributed by atoms with Crippen LogP contribution in [0.3, 0.4) is 0 Å². The molecule has 1 aromatic carbocycles. The first-order valence-corrected chi connectivity index (χ1v) is 10.7. The number of carbonyl (C=O) groups excluding carboxylic acids is 1. The van der Waals surface area contributed by atoms with Crippen LogP contribution in [0.5, 0.6) is 0 Å². The van der Waals surface area contributed by atoms with Crippen molar-refractivity contribution in [3.63, 3.8) is 0 Å². The van der Waals surface area contributed by atoms with Gasteiger partial charge in [0.2, 0.25) is 0 Å². The third-order valence-corrected chi connectivity index (χ3v) is 6.33. The molecule has 3 rings (SSSR count). The molecule has 1 aliphatic heterocycles. The van der Waals surface area contributed by atoms with Crippen molar-refractivity contribution in [1.82, 2.24) is 5.32 Å². The molecule has 0 bridgehead atoms. The predicted molar refractivity (Wildman–Crippen MR) is 120 cm³/mol. The molecule has 0 aliphatic carbocycles. The highest BCUT2D eigenvalue weighted by Gasteiger charge is 2.42. The van der Waals surface area contributed by atoms with Crippen LogP contribution in [0, 0.1) is 5.82 Å². The van der Waals surface area contributed by atoms with Gasteiger partial charge in [-0.2, -0.15) is 0 Å². The summed E-state index contributed by atoms with van der Waals surface area (Å²) in [4.78, 5) is 13.9. The Kier molecular flexibility index (Phi) is 5.98. The molecule has 8 heteroatoms. The van der Waals surface area contributed by atoms with Gasteiger partial charge in [-0.25, -0.2) is 9.18 Å². The fraction of sp³-hybridized carbons (Fsp3) is 0.429. The molecular formula is C21H26FN3O2S2. The van der Waals surface area contributed by atoms with Gasteiger partial charge in [0.25, 0.3) is 0 Å². The number of thiophene rings is 1. The Bertz CT molecular complexity index is 936. The number of thiocarbonyl (C=S) groups is 1. The zero-order valence-electron chi connectivity index (χ0n) is 17.2. The molecule has 0 amide bonds. The van der Waals surface area contributed by atoms with Gasteiger partial charge in [-0.3, -0.25) is 0 Å². The first-order chi connectivity index (χ1) is 13.5. The molecule has 2 aromatic rings. The molecular weight excluding hydrogens is 409 g/mol. The van der Waals surface area contributed by atoms with Crippen molar-refractivity contribution < 1.29 is 13.9 Å². The van der Waals surface area contributed by atoms with E-state index >= 15 is 0 Å². The first-order valence-electron chi connectivity index (χ1n) is 9.48. The Balaban J connectivity index is 1.95. The van der Waals surface area contributed by atoms with Crippen LogP contribution in [-0.4, -0.2) is 23.2 Å². The lowest BCUT2D eigenvalue weighted by molar-refractivity contribution is 0.0526. The van der Waals surface area contributed by atoms with E-state index in [9.17, 15) is 9.18 Å². The largest absolute Gasteiger partial charge is 0.462 e. The van der Waals surface area contributed by atoms with Gasteiger partial charge in [0.1, 0.15) is 10.8 Å². The van der Waals surface area contributed by atoms with E-state index in [1.165, 1.54) is 23.5 Å². The zero-order chi connectivity index (χ0) is 21.4. The Hall–Kier alpha value is -2.03. The van der Waals surface area contributed by atoms with Crippen LogP contribution in [0.1, 0.15) is 55.4 Å². The number of fused-ring (bicyclic) bond motifs is 1. The van der Waals surface area contributed by atoms with Gasteiger partial charge in [0.15, 0.2) is 5.11 Å². The molecule has 0 fully saturated rings. The van der Waals surface area contributed by atoms with Crippen LogP contribution < -0.4 is 16.0 Å². The first kappa shape index (κ1) is 21.7. The SMILES string of the molecule is CCOC(=O)c1c(NC(=S)Nc2ccc(F)cc2)sc2c1CC(C)(C)NC2(C)C. The van der Waals surface area contributed by atoms with E-state index in [1.807, 2.05) is 0 Å². The van der Waals surface area contributed by atoms with Crippen LogP contribution in [0.2, 0.25) is 0 Å². The molecule has 1 aliphatic rings. The van der Waals surface area contributed by atoms with Crippen molar-refractivity contribution in [1.29, 1.82) is 0 Å².